The van der Waals surface area contributed by atoms with Gasteiger partial charge in [0.1, 0.15) is 19.2 Å². The van der Waals surface area contributed by atoms with Crippen molar-refractivity contribution in [1.82, 2.24) is 15.1 Å². The number of hydrogen-bond donors (Lipinski definition) is 3. The van der Waals surface area contributed by atoms with Crippen molar-refractivity contribution in [3.8, 4) is 11.1 Å². The lowest BCUT2D eigenvalue weighted by Gasteiger charge is -2.14. The largest absolute Gasteiger partial charge is 0.480 e. The zero-order valence-corrected chi connectivity index (χ0v) is 17.3. The zero-order chi connectivity index (χ0) is 22.7. The number of ether oxygens (including phenoxy) is 1. The number of amides is 2. The molecule has 164 valence electrons. The lowest BCUT2D eigenvalue weighted by Crippen LogP contribution is -2.40. The molecule has 0 radical (unpaired) electrons. The summed E-state index contributed by atoms with van der Waals surface area (Å²) in [7, 11) is 0. The first-order valence-corrected chi connectivity index (χ1v) is 10.1. The van der Waals surface area contributed by atoms with Gasteiger partial charge in [0.2, 0.25) is 5.91 Å². The molecule has 9 nitrogen and oxygen atoms in total. The molecular weight excluding hydrogens is 412 g/mol. The maximum Gasteiger partial charge on any atom is 0.411 e. The van der Waals surface area contributed by atoms with Gasteiger partial charge in [0.15, 0.2) is 0 Å². The molecule has 3 N–H and O–H groups in total. The lowest BCUT2D eigenvalue weighted by atomic mass is 9.98. The predicted octanol–water partition coefficient (Wildman–Crippen LogP) is 2.83. The average molecular weight is 434 g/mol. The Hall–Kier alpha value is -4.14. The molecule has 1 unspecified atom stereocenters. The monoisotopic (exact) mass is 434 g/mol. The van der Waals surface area contributed by atoms with Gasteiger partial charge in [-0.2, -0.15) is 5.10 Å². The van der Waals surface area contributed by atoms with Crippen LogP contribution in [0.25, 0.3) is 11.1 Å². The van der Waals surface area contributed by atoms with Gasteiger partial charge in [-0.3, -0.25) is 19.6 Å². The van der Waals surface area contributed by atoms with Gasteiger partial charge in [0.25, 0.3) is 0 Å². The first-order valence-electron chi connectivity index (χ1n) is 10.1. The van der Waals surface area contributed by atoms with Crippen molar-refractivity contribution in [2.24, 2.45) is 0 Å². The lowest BCUT2D eigenvalue weighted by molar-refractivity contribution is -0.141. The molecule has 1 heterocycles. The van der Waals surface area contributed by atoms with Crippen LogP contribution in [0.4, 0.5) is 10.5 Å². The van der Waals surface area contributed by atoms with Gasteiger partial charge < -0.3 is 15.2 Å². The number of carboxylic acid groups (broad SMARTS) is 1. The number of carbonyl (C=O) groups excluding carboxylic acids is 2. The Bertz CT molecular complexity index is 1130. The number of aromatic nitrogens is 2. The Morgan fingerprint density at radius 2 is 1.72 bits per heavy atom. The minimum absolute atomic E-state index is 0.0456. The fourth-order valence-electron chi connectivity index (χ4n) is 3.76. The van der Waals surface area contributed by atoms with Crippen LogP contribution < -0.4 is 10.6 Å². The number of aliphatic carboxylic acids is 1. The van der Waals surface area contributed by atoms with Crippen LogP contribution in [0.1, 0.15) is 24.0 Å². The number of fused-ring (bicyclic) bond motifs is 3. The molecule has 32 heavy (non-hydrogen) atoms. The van der Waals surface area contributed by atoms with E-state index in [1.54, 1.807) is 0 Å². The summed E-state index contributed by atoms with van der Waals surface area (Å²) >= 11 is 0. The van der Waals surface area contributed by atoms with Crippen molar-refractivity contribution in [3.63, 3.8) is 0 Å². The van der Waals surface area contributed by atoms with Crippen molar-refractivity contribution in [3.05, 3.63) is 72.1 Å². The number of anilines is 1. The summed E-state index contributed by atoms with van der Waals surface area (Å²) in [5, 5.41) is 17.8. The molecule has 1 aromatic heterocycles. The predicted molar refractivity (Wildman–Crippen MR) is 116 cm³/mol. The summed E-state index contributed by atoms with van der Waals surface area (Å²) in [5.41, 5.74) is 4.90. The molecule has 0 aliphatic heterocycles. The second-order valence-electron chi connectivity index (χ2n) is 7.50. The molecule has 3 aromatic rings. The van der Waals surface area contributed by atoms with Gasteiger partial charge in [-0.05, 0) is 29.2 Å². The summed E-state index contributed by atoms with van der Waals surface area (Å²) in [6.45, 7) is 1.38. The van der Waals surface area contributed by atoms with Gasteiger partial charge in [-0.25, -0.2) is 4.79 Å². The van der Waals surface area contributed by atoms with E-state index in [1.165, 1.54) is 24.0 Å². The smallest absolute Gasteiger partial charge is 0.411 e. The van der Waals surface area contributed by atoms with Crippen LogP contribution in [-0.4, -0.2) is 45.5 Å². The minimum Gasteiger partial charge on any atom is -0.480 e. The molecule has 0 fully saturated rings. The first kappa shape index (κ1) is 21.1. The van der Waals surface area contributed by atoms with E-state index < -0.39 is 24.0 Å². The Labute approximate surface area is 184 Å². The first-order chi connectivity index (χ1) is 15.4. The molecule has 1 aliphatic rings. The molecular formula is C23H22N4O5. The quantitative estimate of drug-likeness (QED) is 0.526. The normalized spacial score (nSPS) is 13.0. The van der Waals surface area contributed by atoms with Crippen LogP contribution in [0.2, 0.25) is 0 Å². The molecule has 1 aliphatic carbocycles. The van der Waals surface area contributed by atoms with E-state index in [-0.39, 0.29) is 19.1 Å². The number of hydrogen-bond acceptors (Lipinski definition) is 5. The molecule has 2 aromatic carbocycles. The van der Waals surface area contributed by atoms with Gasteiger partial charge in [0, 0.05) is 12.1 Å². The van der Waals surface area contributed by atoms with Crippen LogP contribution in [0.15, 0.2) is 60.9 Å². The molecule has 0 bridgehead atoms. The molecule has 4 rings (SSSR count). The van der Waals surface area contributed by atoms with E-state index in [1.807, 2.05) is 36.4 Å². The maximum absolute atomic E-state index is 12.3. The van der Waals surface area contributed by atoms with Crippen molar-refractivity contribution in [2.45, 2.75) is 25.4 Å². The highest BCUT2D eigenvalue weighted by Gasteiger charge is 2.29. The Morgan fingerprint density at radius 3 is 2.34 bits per heavy atom. The summed E-state index contributed by atoms with van der Waals surface area (Å²) in [6, 6.07) is 15.1. The number of benzene rings is 2. The van der Waals surface area contributed by atoms with E-state index in [0.717, 1.165) is 22.3 Å². The second-order valence-corrected chi connectivity index (χ2v) is 7.50. The Kier molecular flexibility index (Phi) is 5.89. The van der Waals surface area contributed by atoms with E-state index in [4.69, 9.17) is 9.84 Å². The molecule has 2 amide bonds. The van der Waals surface area contributed by atoms with Gasteiger partial charge in [0.05, 0.1) is 11.9 Å². The van der Waals surface area contributed by atoms with Crippen LogP contribution in [0.3, 0.4) is 0 Å². The maximum atomic E-state index is 12.3. The van der Waals surface area contributed by atoms with Crippen molar-refractivity contribution in [2.75, 3.05) is 11.9 Å². The fraction of sp³-hybridized carbons (Fsp3) is 0.217. The summed E-state index contributed by atoms with van der Waals surface area (Å²) in [5.74, 6) is -1.68. The Morgan fingerprint density at radius 1 is 1.09 bits per heavy atom. The average Bonchev–Trinajstić information content (AvgIpc) is 3.34. The molecule has 1 atom stereocenters. The van der Waals surface area contributed by atoms with Crippen molar-refractivity contribution < 1.29 is 24.2 Å². The number of rotatable bonds is 7. The highest BCUT2D eigenvalue weighted by atomic mass is 16.5. The van der Waals surface area contributed by atoms with Crippen LogP contribution in [0, 0.1) is 0 Å². The summed E-state index contributed by atoms with van der Waals surface area (Å²) in [6.07, 6.45) is 2.22. The highest BCUT2D eigenvalue weighted by molar-refractivity contribution is 5.85. The zero-order valence-electron chi connectivity index (χ0n) is 17.3. The van der Waals surface area contributed by atoms with E-state index >= 15 is 0 Å². The third-order valence-electron chi connectivity index (χ3n) is 5.28. The third-order valence-corrected chi connectivity index (χ3v) is 5.28. The fourth-order valence-corrected chi connectivity index (χ4v) is 3.76. The second kappa shape index (κ2) is 8.93. The highest BCUT2D eigenvalue weighted by Crippen LogP contribution is 2.44. The topological polar surface area (TPSA) is 123 Å². The Balaban J connectivity index is 1.34. The SMILES string of the molecule is CC(NC(=O)Cn1cc(NC(=O)OCC2c3ccccc3-c3ccccc32)cn1)C(=O)O. The number of carbonyl (C=O) groups is 3. The van der Waals surface area contributed by atoms with Crippen LogP contribution in [0.5, 0.6) is 0 Å². The molecule has 0 saturated carbocycles. The van der Waals surface area contributed by atoms with Gasteiger partial charge in [-0.1, -0.05) is 48.5 Å². The summed E-state index contributed by atoms with van der Waals surface area (Å²) in [4.78, 5) is 35.0. The van der Waals surface area contributed by atoms with Crippen molar-refractivity contribution in [1.29, 1.82) is 0 Å². The number of nitrogens with one attached hydrogen (secondary N) is 2. The molecule has 0 saturated heterocycles. The standard InChI is InChI=1S/C23H22N4O5/c1-14(22(29)30)25-21(28)12-27-11-15(10-24-27)26-23(31)32-13-20-18-8-4-2-6-16(18)17-7-3-5-9-19(17)20/h2-11,14,20H,12-13H2,1H3,(H,25,28)(H,26,31)(H,29,30). The van der Waals surface area contributed by atoms with E-state index in [0.29, 0.717) is 5.69 Å². The molecule has 9 heteroatoms. The van der Waals surface area contributed by atoms with Gasteiger partial charge in [-0.15, -0.1) is 0 Å². The van der Waals surface area contributed by atoms with E-state index in [2.05, 4.69) is 27.9 Å². The minimum atomic E-state index is -1.13. The third kappa shape index (κ3) is 4.46. The van der Waals surface area contributed by atoms with E-state index in [9.17, 15) is 14.4 Å². The number of nitrogens with zero attached hydrogens (tertiary/aromatic N) is 2. The van der Waals surface area contributed by atoms with Crippen molar-refractivity contribution >= 4 is 23.7 Å². The van der Waals surface area contributed by atoms with Crippen LogP contribution >= 0.6 is 0 Å². The number of carboxylic acids is 1. The van der Waals surface area contributed by atoms with Crippen LogP contribution in [-0.2, 0) is 20.9 Å². The van der Waals surface area contributed by atoms with Gasteiger partial charge >= 0.3 is 12.1 Å². The molecule has 0 spiro atoms. The summed E-state index contributed by atoms with van der Waals surface area (Å²) < 4.78 is 6.78.